The summed E-state index contributed by atoms with van der Waals surface area (Å²) in [5.74, 6) is 0. The van der Waals surface area contributed by atoms with E-state index in [2.05, 4.69) is 4.72 Å². The molecule has 1 aromatic carbocycles. The lowest BCUT2D eigenvalue weighted by atomic mass is 10.3. The number of benzene rings is 1. The molecule has 0 unspecified atom stereocenters. The van der Waals surface area contributed by atoms with Crippen molar-refractivity contribution < 1.29 is 13.2 Å². The summed E-state index contributed by atoms with van der Waals surface area (Å²) in [6.07, 6.45) is 4.87. The van der Waals surface area contributed by atoms with Crippen LogP contribution in [0.15, 0.2) is 29.2 Å². The van der Waals surface area contributed by atoms with E-state index in [-0.39, 0.29) is 17.1 Å². The lowest BCUT2D eigenvalue weighted by Gasteiger charge is -2.12. The van der Waals surface area contributed by atoms with Gasteiger partial charge in [0.05, 0.1) is 18.4 Å². The minimum absolute atomic E-state index is 0.121. The zero-order chi connectivity index (χ0) is 13.7. The summed E-state index contributed by atoms with van der Waals surface area (Å²) in [7, 11) is -3.54. The number of ether oxygens (including phenoxy) is 1. The fourth-order valence-corrected chi connectivity index (χ4v) is 3.40. The van der Waals surface area contributed by atoms with Crippen LogP contribution in [0.4, 0.5) is 5.69 Å². The number of para-hydroxylation sites is 1. The summed E-state index contributed by atoms with van der Waals surface area (Å²) >= 11 is 0. The molecule has 0 aromatic heterocycles. The first-order chi connectivity index (χ1) is 9.09. The van der Waals surface area contributed by atoms with E-state index in [1.807, 2.05) is 0 Å². The minimum atomic E-state index is -3.54. The monoisotopic (exact) mass is 284 g/mol. The van der Waals surface area contributed by atoms with Gasteiger partial charge in [0, 0.05) is 6.54 Å². The van der Waals surface area contributed by atoms with Gasteiger partial charge in [-0.2, -0.15) is 0 Å². The van der Waals surface area contributed by atoms with Crippen LogP contribution in [0.1, 0.15) is 25.7 Å². The number of sulfonamides is 1. The van der Waals surface area contributed by atoms with E-state index in [0.717, 1.165) is 12.8 Å². The molecule has 19 heavy (non-hydrogen) atoms. The molecule has 0 heterocycles. The first-order valence-electron chi connectivity index (χ1n) is 6.55. The number of hydrogen-bond donors (Lipinski definition) is 2. The molecule has 1 saturated carbocycles. The van der Waals surface area contributed by atoms with Gasteiger partial charge in [-0.05, 0) is 25.0 Å². The molecule has 1 aliphatic rings. The second kappa shape index (κ2) is 6.36. The molecule has 2 rings (SSSR count). The Kier molecular flexibility index (Phi) is 4.79. The van der Waals surface area contributed by atoms with E-state index in [9.17, 15) is 8.42 Å². The Balaban J connectivity index is 1.82. The Morgan fingerprint density at radius 3 is 2.63 bits per heavy atom. The summed E-state index contributed by atoms with van der Waals surface area (Å²) in [5.41, 5.74) is 5.92. The highest BCUT2D eigenvalue weighted by molar-refractivity contribution is 7.89. The molecule has 3 N–H and O–H groups in total. The van der Waals surface area contributed by atoms with Crippen LogP contribution in [-0.2, 0) is 14.8 Å². The lowest BCUT2D eigenvalue weighted by molar-refractivity contribution is 0.0626. The van der Waals surface area contributed by atoms with Gasteiger partial charge in [-0.3, -0.25) is 0 Å². The lowest BCUT2D eigenvalue weighted by Crippen LogP contribution is -2.29. The van der Waals surface area contributed by atoms with Gasteiger partial charge in [-0.25, -0.2) is 13.1 Å². The summed E-state index contributed by atoms with van der Waals surface area (Å²) in [6.45, 7) is 0.670. The SMILES string of the molecule is Nc1ccccc1S(=O)(=O)NCCOC1CCCC1. The van der Waals surface area contributed by atoms with Crippen molar-refractivity contribution in [1.29, 1.82) is 0 Å². The zero-order valence-electron chi connectivity index (χ0n) is 10.8. The summed E-state index contributed by atoms with van der Waals surface area (Å²) in [4.78, 5) is 0.121. The van der Waals surface area contributed by atoms with Crippen molar-refractivity contribution in [1.82, 2.24) is 4.72 Å². The quantitative estimate of drug-likeness (QED) is 0.613. The van der Waals surface area contributed by atoms with Crippen LogP contribution in [0.25, 0.3) is 0 Å². The molecule has 1 aliphatic carbocycles. The number of rotatable bonds is 6. The van der Waals surface area contributed by atoms with Gasteiger partial charge >= 0.3 is 0 Å². The molecule has 0 spiro atoms. The third-order valence-corrected chi connectivity index (χ3v) is 4.79. The molecule has 0 radical (unpaired) electrons. The van der Waals surface area contributed by atoms with Crippen LogP contribution in [0, 0.1) is 0 Å². The fourth-order valence-electron chi connectivity index (χ4n) is 2.26. The maximum absolute atomic E-state index is 12.0. The predicted molar refractivity (Wildman–Crippen MR) is 74.3 cm³/mol. The maximum atomic E-state index is 12.0. The van der Waals surface area contributed by atoms with E-state index in [1.165, 1.54) is 18.9 Å². The zero-order valence-corrected chi connectivity index (χ0v) is 11.7. The van der Waals surface area contributed by atoms with Gasteiger partial charge in [-0.15, -0.1) is 0 Å². The van der Waals surface area contributed by atoms with E-state index >= 15 is 0 Å². The van der Waals surface area contributed by atoms with Crippen LogP contribution in [0.3, 0.4) is 0 Å². The van der Waals surface area contributed by atoms with Crippen LogP contribution < -0.4 is 10.5 Å². The predicted octanol–water partition coefficient (Wildman–Crippen LogP) is 1.51. The molecule has 1 fully saturated rings. The first kappa shape index (κ1) is 14.3. The van der Waals surface area contributed by atoms with E-state index in [4.69, 9.17) is 10.5 Å². The standard InChI is InChI=1S/C13H20N2O3S/c14-12-7-3-4-8-13(12)19(16,17)15-9-10-18-11-5-1-2-6-11/h3-4,7-8,11,15H,1-2,5-6,9-10,14H2. The molecule has 5 nitrogen and oxygen atoms in total. The topological polar surface area (TPSA) is 81.4 Å². The Morgan fingerprint density at radius 1 is 1.26 bits per heavy atom. The summed E-state index contributed by atoms with van der Waals surface area (Å²) in [5, 5.41) is 0. The van der Waals surface area contributed by atoms with Gasteiger partial charge in [0.1, 0.15) is 4.90 Å². The van der Waals surface area contributed by atoms with Crippen LogP contribution >= 0.6 is 0 Å². The third kappa shape index (κ3) is 3.92. The normalized spacial score (nSPS) is 16.8. The molecule has 1 aromatic rings. The summed E-state index contributed by atoms with van der Waals surface area (Å²) in [6, 6.07) is 6.43. The van der Waals surface area contributed by atoms with Crippen LogP contribution in [0.5, 0.6) is 0 Å². The van der Waals surface area contributed by atoms with Gasteiger partial charge in [0.25, 0.3) is 0 Å². The van der Waals surface area contributed by atoms with Crippen molar-refractivity contribution in [2.24, 2.45) is 0 Å². The van der Waals surface area contributed by atoms with Crippen molar-refractivity contribution in [2.45, 2.75) is 36.7 Å². The largest absolute Gasteiger partial charge is 0.398 e. The minimum Gasteiger partial charge on any atom is -0.398 e. The highest BCUT2D eigenvalue weighted by atomic mass is 32.2. The average Bonchev–Trinajstić information content (AvgIpc) is 2.88. The first-order valence-corrected chi connectivity index (χ1v) is 8.04. The number of nitrogens with one attached hydrogen (secondary N) is 1. The number of nitrogen functional groups attached to an aromatic ring is 1. The van der Waals surface area contributed by atoms with Crippen molar-refractivity contribution in [3.05, 3.63) is 24.3 Å². The maximum Gasteiger partial charge on any atom is 0.242 e. The Morgan fingerprint density at radius 2 is 1.95 bits per heavy atom. The number of anilines is 1. The van der Waals surface area contributed by atoms with E-state index in [0.29, 0.717) is 12.7 Å². The molecule has 0 atom stereocenters. The number of hydrogen-bond acceptors (Lipinski definition) is 4. The second-order valence-electron chi connectivity index (χ2n) is 4.71. The van der Waals surface area contributed by atoms with E-state index in [1.54, 1.807) is 18.2 Å². The molecule has 106 valence electrons. The molecular weight excluding hydrogens is 264 g/mol. The summed E-state index contributed by atoms with van der Waals surface area (Å²) < 4.78 is 32.1. The second-order valence-corrected chi connectivity index (χ2v) is 6.45. The van der Waals surface area contributed by atoms with Gasteiger partial charge in [0.15, 0.2) is 0 Å². The molecule has 0 aliphatic heterocycles. The van der Waals surface area contributed by atoms with Gasteiger partial charge < -0.3 is 10.5 Å². The molecule has 0 amide bonds. The van der Waals surface area contributed by atoms with Crippen LogP contribution in [0.2, 0.25) is 0 Å². The molecule has 6 heteroatoms. The van der Waals surface area contributed by atoms with Crippen LogP contribution in [-0.4, -0.2) is 27.7 Å². The molecule has 0 saturated heterocycles. The van der Waals surface area contributed by atoms with Gasteiger partial charge in [0.2, 0.25) is 10.0 Å². The molecular formula is C13H20N2O3S. The Hall–Kier alpha value is -1.11. The van der Waals surface area contributed by atoms with Crippen molar-refractivity contribution in [2.75, 3.05) is 18.9 Å². The smallest absolute Gasteiger partial charge is 0.242 e. The molecule has 0 bridgehead atoms. The van der Waals surface area contributed by atoms with Crippen molar-refractivity contribution in [3.8, 4) is 0 Å². The Labute approximate surface area is 114 Å². The number of nitrogens with two attached hydrogens (primary N) is 1. The van der Waals surface area contributed by atoms with E-state index < -0.39 is 10.0 Å². The van der Waals surface area contributed by atoms with Crippen molar-refractivity contribution >= 4 is 15.7 Å². The third-order valence-electron chi connectivity index (χ3n) is 3.26. The Bertz CT molecular complexity index is 510. The average molecular weight is 284 g/mol. The fraction of sp³-hybridized carbons (Fsp3) is 0.538. The highest BCUT2D eigenvalue weighted by Crippen LogP contribution is 2.20. The van der Waals surface area contributed by atoms with Crippen molar-refractivity contribution in [3.63, 3.8) is 0 Å². The van der Waals surface area contributed by atoms with Gasteiger partial charge in [-0.1, -0.05) is 25.0 Å². The highest BCUT2D eigenvalue weighted by Gasteiger charge is 2.18.